The molecule has 1 aromatic carbocycles. The molecule has 0 aliphatic heterocycles. The molecule has 0 aliphatic carbocycles. The lowest BCUT2D eigenvalue weighted by atomic mass is 10.2. The van der Waals surface area contributed by atoms with Gasteiger partial charge in [-0.3, -0.25) is 0 Å². The van der Waals surface area contributed by atoms with E-state index in [1.165, 1.54) is 0 Å². The van der Waals surface area contributed by atoms with E-state index < -0.39 is 5.97 Å². The Kier molecular flexibility index (Phi) is 4.90. The van der Waals surface area contributed by atoms with E-state index in [1.54, 1.807) is 23.9 Å². The Morgan fingerprint density at radius 3 is 2.43 bits per heavy atom. The summed E-state index contributed by atoms with van der Waals surface area (Å²) >= 11 is 3.57. The molecule has 0 unspecified atom stereocenters. The van der Waals surface area contributed by atoms with Crippen molar-refractivity contribution in [1.29, 1.82) is 0 Å². The first-order valence-corrected chi connectivity index (χ1v) is 6.57. The van der Waals surface area contributed by atoms with Crippen molar-refractivity contribution in [2.45, 2.75) is 4.90 Å². The molecule has 0 saturated carbocycles. The number of aromatic carboxylic acids is 1. The van der Waals surface area contributed by atoms with Crippen LogP contribution in [-0.4, -0.2) is 28.8 Å². The van der Waals surface area contributed by atoms with Gasteiger partial charge < -0.3 is 5.11 Å². The highest BCUT2D eigenvalue weighted by Gasteiger charge is 2.01. The Hall–Kier alpha value is -0.610. The van der Waals surface area contributed by atoms with Crippen molar-refractivity contribution in [2.75, 3.05) is 17.8 Å². The van der Waals surface area contributed by atoms with Crippen LogP contribution in [0.25, 0.3) is 0 Å². The Labute approximate surface area is 92.1 Å². The van der Waals surface area contributed by atoms with E-state index >= 15 is 0 Å². The van der Waals surface area contributed by atoms with E-state index in [1.807, 2.05) is 23.9 Å². The number of hydrogen-bond acceptors (Lipinski definition) is 3. The maximum absolute atomic E-state index is 10.6. The summed E-state index contributed by atoms with van der Waals surface area (Å²) in [4.78, 5) is 11.7. The number of rotatable bonds is 5. The maximum Gasteiger partial charge on any atom is 0.335 e. The number of benzene rings is 1. The van der Waals surface area contributed by atoms with E-state index in [2.05, 4.69) is 6.26 Å². The number of carboxylic acids is 1. The normalized spacial score (nSPS) is 10.1. The third kappa shape index (κ3) is 3.64. The molecule has 1 aromatic rings. The summed E-state index contributed by atoms with van der Waals surface area (Å²) in [6.07, 6.45) is 2.08. The summed E-state index contributed by atoms with van der Waals surface area (Å²) in [6.45, 7) is 0. The predicted octanol–water partition coefficient (Wildman–Crippen LogP) is 2.84. The summed E-state index contributed by atoms with van der Waals surface area (Å²) in [5, 5.41) is 8.68. The lowest BCUT2D eigenvalue weighted by Gasteiger charge is -2.00. The fourth-order valence-corrected chi connectivity index (χ4v) is 2.50. The largest absolute Gasteiger partial charge is 0.478 e. The van der Waals surface area contributed by atoms with Gasteiger partial charge >= 0.3 is 5.97 Å². The molecule has 0 saturated heterocycles. The number of hydrogen-bond donors (Lipinski definition) is 1. The second-order valence-corrected chi connectivity index (χ2v) is 4.82. The molecule has 76 valence electrons. The Morgan fingerprint density at radius 2 is 1.93 bits per heavy atom. The van der Waals surface area contributed by atoms with Crippen molar-refractivity contribution in [3.63, 3.8) is 0 Å². The van der Waals surface area contributed by atoms with Gasteiger partial charge in [0, 0.05) is 16.4 Å². The Balaban J connectivity index is 2.51. The molecule has 0 radical (unpaired) electrons. The minimum Gasteiger partial charge on any atom is -0.478 e. The van der Waals surface area contributed by atoms with Crippen molar-refractivity contribution < 1.29 is 9.90 Å². The van der Waals surface area contributed by atoms with Crippen LogP contribution in [0.3, 0.4) is 0 Å². The second kappa shape index (κ2) is 5.98. The van der Waals surface area contributed by atoms with Gasteiger partial charge in [-0.2, -0.15) is 11.8 Å². The van der Waals surface area contributed by atoms with Crippen LogP contribution in [0, 0.1) is 0 Å². The van der Waals surface area contributed by atoms with Crippen LogP contribution in [-0.2, 0) is 0 Å². The molecule has 0 spiro atoms. The lowest BCUT2D eigenvalue weighted by molar-refractivity contribution is 0.0697. The van der Waals surface area contributed by atoms with Gasteiger partial charge in [0.2, 0.25) is 0 Å². The minimum absolute atomic E-state index is 0.346. The first kappa shape index (κ1) is 11.5. The van der Waals surface area contributed by atoms with E-state index in [-0.39, 0.29) is 0 Å². The van der Waals surface area contributed by atoms with Crippen molar-refractivity contribution >= 4 is 29.5 Å². The molecule has 0 atom stereocenters. The fourth-order valence-electron chi connectivity index (χ4n) is 0.937. The molecule has 0 bridgehead atoms. The molecular formula is C10H12O2S2. The van der Waals surface area contributed by atoms with Crippen molar-refractivity contribution in [1.82, 2.24) is 0 Å². The van der Waals surface area contributed by atoms with Gasteiger partial charge in [0.1, 0.15) is 0 Å². The van der Waals surface area contributed by atoms with Crippen LogP contribution in [0.4, 0.5) is 0 Å². The van der Waals surface area contributed by atoms with E-state index in [4.69, 9.17) is 5.11 Å². The van der Waals surface area contributed by atoms with Gasteiger partial charge in [-0.05, 0) is 30.5 Å². The third-order valence-corrected chi connectivity index (χ3v) is 3.54. The van der Waals surface area contributed by atoms with Gasteiger partial charge in [0.15, 0.2) is 0 Å². The highest BCUT2D eigenvalue weighted by Crippen LogP contribution is 2.19. The van der Waals surface area contributed by atoms with Crippen LogP contribution in [0.1, 0.15) is 10.4 Å². The fraction of sp³-hybridized carbons (Fsp3) is 0.300. The monoisotopic (exact) mass is 228 g/mol. The van der Waals surface area contributed by atoms with Crippen LogP contribution in [0.5, 0.6) is 0 Å². The lowest BCUT2D eigenvalue weighted by Crippen LogP contribution is -1.94. The standard InChI is InChI=1S/C10H12O2S2/c1-13-6-7-14-9-4-2-8(3-5-9)10(11)12/h2-5H,6-7H2,1H3,(H,11,12). The number of carbonyl (C=O) groups is 1. The molecule has 0 aliphatic rings. The SMILES string of the molecule is CSCCSc1ccc(C(=O)O)cc1. The molecule has 1 rings (SSSR count). The number of thioether (sulfide) groups is 2. The molecule has 1 N–H and O–H groups in total. The predicted molar refractivity (Wildman–Crippen MR) is 62.5 cm³/mol. The molecular weight excluding hydrogens is 216 g/mol. The quantitative estimate of drug-likeness (QED) is 0.621. The smallest absolute Gasteiger partial charge is 0.335 e. The second-order valence-electron chi connectivity index (χ2n) is 2.67. The summed E-state index contributed by atoms with van der Waals surface area (Å²) in [7, 11) is 0. The third-order valence-electron chi connectivity index (χ3n) is 1.66. The number of carboxylic acid groups (broad SMARTS) is 1. The van der Waals surface area contributed by atoms with E-state index in [0.717, 1.165) is 16.4 Å². The zero-order valence-electron chi connectivity index (χ0n) is 7.90. The van der Waals surface area contributed by atoms with Crippen molar-refractivity contribution in [3.05, 3.63) is 29.8 Å². The Morgan fingerprint density at radius 1 is 1.29 bits per heavy atom. The topological polar surface area (TPSA) is 37.3 Å². The van der Waals surface area contributed by atoms with Gasteiger partial charge in [-0.1, -0.05) is 0 Å². The molecule has 0 aromatic heterocycles. The molecule has 0 amide bonds. The highest BCUT2D eigenvalue weighted by atomic mass is 32.2. The molecule has 2 nitrogen and oxygen atoms in total. The van der Waals surface area contributed by atoms with Crippen LogP contribution in [0.2, 0.25) is 0 Å². The Bertz CT molecular complexity index is 295. The van der Waals surface area contributed by atoms with E-state index in [0.29, 0.717) is 5.56 Å². The highest BCUT2D eigenvalue weighted by molar-refractivity contribution is 8.02. The molecule has 0 fully saturated rings. The average Bonchev–Trinajstić information content (AvgIpc) is 2.19. The van der Waals surface area contributed by atoms with Gasteiger partial charge in [-0.25, -0.2) is 4.79 Å². The van der Waals surface area contributed by atoms with Crippen molar-refractivity contribution in [2.24, 2.45) is 0 Å². The zero-order valence-corrected chi connectivity index (χ0v) is 9.53. The van der Waals surface area contributed by atoms with Crippen molar-refractivity contribution in [3.8, 4) is 0 Å². The summed E-state index contributed by atoms with van der Waals surface area (Å²) in [6, 6.07) is 7.00. The maximum atomic E-state index is 10.6. The first-order chi connectivity index (χ1) is 6.74. The summed E-state index contributed by atoms with van der Waals surface area (Å²) < 4.78 is 0. The van der Waals surface area contributed by atoms with Gasteiger partial charge in [0.25, 0.3) is 0 Å². The zero-order chi connectivity index (χ0) is 10.4. The minimum atomic E-state index is -0.870. The van der Waals surface area contributed by atoms with Gasteiger partial charge in [-0.15, -0.1) is 11.8 Å². The molecule has 4 heteroatoms. The first-order valence-electron chi connectivity index (χ1n) is 4.19. The average molecular weight is 228 g/mol. The van der Waals surface area contributed by atoms with E-state index in [9.17, 15) is 4.79 Å². The van der Waals surface area contributed by atoms with Gasteiger partial charge in [0.05, 0.1) is 5.56 Å². The van der Waals surface area contributed by atoms with Crippen LogP contribution < -0.4 is 0 Å². The molecule has 0 heterocycles. The summed E-state index contributed by atoms with van der Waals surface area (Å²) in [5.41, 5.74) is 0.346. The molecule has 14 heavy (non-hydrogen) atoms. The van der Waals surface area contributed by atoms with Crippen LogP contribution >= 0.6 is 23.5 Å². The summed E-state index contributed by atoms with van der Waals surface area (Å²) in [5.74, 6) is 1.31. The van der Waals surface area contributed by atoms with Crippen LogP contribution in [0.15, 0.2) is 29.2 Å².